The summed E-state index contributed by atoms with van der Waals surface area (Å²) in [5, 5.41) is 8.91. The number of ether oxygens (including phenoxy) is 2. The maximum absolute atomic E-state index is 11.0. The largest absolute Gasteiger partial charge is 0.481 e. The first kappa shape index (κ1) is 11.6. The minimum Gasteiger partial charge on any atom is -0.481 e. The quantitative estimate of drug-likeness (QED) is 0.639. The zero-order valence-corrected chi connectivity index (χ0v) is 9.65. The molecular formula is C9H12O6S. The van der Waals surface area contributed by atoms with E-state index in [-0.39, 0.29) is 11.3 Å². The second-order valence-electron chi connectivity index (χ2n) is 4.36. The van der Waals surface area contributed by atoms with Crippen molar-refractivity contribution in [3.05, 3.63) is 0 Å². The van der Waals surface area contributed by atoms with Crippen molar-refractivity contribution in [3.63, 3.8) is 0 Å². The SMILES string of the molecule is CC1(C)OC2CC(C(=O)O)C(=S(=O)=O)C2O1. The molecule has 0 bridgehead atoms. The molecule has 0 aromatic carbocycles. The van der Waals surface area contributed by atoms with Gasteiger partial charge in [-0.2, -0.15) is 8.42 Å². The van der Waals surface area contributed by atoms with E-state index < -0.39 is 40.2 Å². The molecule has 16 heavy (non-hydrogen) atoms. The molecule has 1 aliphatic carbocycles. The van der Waals surface area contributed by atoms with Crippen LogP contribution in [0.25, 0.3) is 0 Å². The summed E-state index contributed by atoms with van der Waals surface area (Å²) in [4.78, 5) is 10.8. The molecule has 1 saturated carbocycles. The van der Waals surface area contributed by atoms with E-state index in [4.69, 9.17) is 14.6 Å². The van der Waals surface area contributed by atoms with Crippen molar-refractivity contribution in [2.45, 2.75) is 38.3 Å². The van der Waals surface area contributed by atoms with E-state index in [9.17, 15) is 13.2 Å². The maximum Gasteiger partial charge on any atom is 0.311 e. The van der Waals surface area contributed by atoms with Crippen molar-refractivity contribution >= 4 is 21.1 Å². The van der Waals surface area contributed by atoms with Gasteiger partial charge in [0, 0.05) is 0 Å². The zero-order chi connectivity index (χ0) is 12.1. The van der Waals surface area contributed by atoms with Crippen LogP contribution in [0.1, 0.15) is 20.3 Å². The lowest BCUT2D eigenvalue weighted by Gasteiger charge is -2.19. The molecule has 2 aliphatic rings. The molecule has 2 fully saturated rings. The molecule has 0 aromatic heterocycles. The van der Waals surface area contributed by atoms with Gasteiger partial charge in [0.15, 0.2) is 5.79 Å². The standard InChI is InChI=1S/C9H12O6S/c1-9(2)14-5-3-4(8(10)11)7(16(12)13)6(5)15-9/h4-6H,3H2,1-2H3,(H,10,11). The van der Waals surface area contributed by atoms with Crippen molar-refractivity contribution in [2.24, 2.45) is 5.92 Å². The Morgan fingerprint density at radius 1 is 1.44 bits per heavy atom. The molecule has 1 saturated heterocycles. The third-order valence-electron chi connectivity index (χ3n) is 2.77. The molecule has 6 nitrogen and oxygen atoms in total. The lowest BCUT2D eigenvalue weighted by atomic mass is 10.1. The Kier molecular flexibility index (Phi) is 2.56. The fourth-order valence-corrected chi connectivity index (χ4v) is 3.05. The van der Waals surface area contributed by atoms with Crippen LogP contribution in [0.3, 0.4) is 0 Å². The predicted molar refractivity (Wildman–Crippen MR) is 53.5 cm³/mol. The lowest BCUT2D eigenvalue weighted by molar-refractivity contribution is -0.151. The van der Waals surface area contributed by atoms with Gasteiger partial charge in [-0.25, -0.2) is 0 Å². The summed E-state index contributed by atoms with van der Waals surface area (Å²) in [5.74, 6) is -3.04. The van der Waals surface area contributed by atoms with E-state index in [0.29, 0.717) is 0 Å². The minimum atomic E-state index is -2.55. The summed E-state index contributed by atoms with van der Waals surface area (Å²) in [6.07, 6.45) is -1.09. The molecule has 90 valence electrons. The van der Waals surface area contributed by atoms with E-state index >= 15 is 0 Å². The Bertz CT molecular complexity index is 454. The van der Waals surface area contributed by atoms with Crippen LogP contribution < -0.4 is 0 Å². The van der Waals surface area contributed by atoms with Crippen molar-refractivity contribution in [3.8, 4) is 0 Å². The average molecular weight is 248 g/mol. The minimum absolute atomic E-state index is 0.108. The van der Waals surface area contributed by atoms with Crippen molar-refractivity contribution in [1.29, 1.82) is 0 Å². The fraction of sp³-hybridized carbons (Fsp3) is 0.778. The van der Waals surface area contributed by atoms with Gasteiger partial charge in [0.1, 0.15) is 6.10 Å². The van der Waals surface area contributed by atoms with Gasteiger partial charge < -0.3 is 14.6 Å². The summed E-state index contributed by atoms with van der Waals surface area (Å²) >= 11 is 0. The molecule has 0 aromatic rings. The van der Waals surface area contributed by atoms with E-state index in [0.717, 1.165) is 0 Å². The van der Waals surface area contributed by atoms with Gasteiger partial charge in [-0.3, -0.25) is 4.79 Å². The molecule has 2 rings (SSSR count). The van der Waals surface area contributed by atoms with Crippen molar-refractivity contribution in [2.75, 3.05) is 0 Å². The Morgan fingerprint density at radius 2 is 2.06 bits per heavy atom. The normalized spacial score (nSPS) is 36.1. The monoisotopic (exact) mass is 248 g/mol. The number of fused-ring (bicyclic) bond motifs is 1. The van der Waals surface area contributed by atoms with Gasteiger partial charge in [-0.15, -0.1) is 0 Å². The van der Waals surface area contributed by atoms with E-state index in [1.165, 1.54) is 0 Å². The van der Waals surface area contributed by atoms with E-state index in [1.54, 1.807) is 13.8 Å². The highest BCUT2D eigenvalue weighted by Gasteiger charge is 2.54. The smallest absolute Gasteiger partial charge is 0.311 e. The van der Waals surface area contributed by atoms with Crippen LogP contribution in [0, 0.1) is 5.92 Å². The number of carboxylic acids is 1. The molecule has 3 atom stereocenters. The molecule has 1 heterocycles. The van der Waals surface area contributed by atoms with Gasteiger partial charge in [-0.1, -0.05) is 0 Å². The van der Waals surface area contributed by atoms with Gasteiger partial charge >= 0.3 is 5.97 Å². The van der Waals surface area contributed by atoms with Crippen LogP contribution in [-0.2, 0) is 24.6 Å². The molecule has 7 heteroatoms. The molecule has 3 unspecified atom stereocenters. The third-order valence-corrected chi connectivity index (χ3v) is 3.67. The van der Waals surface area contributed by atoms with E-state index in [1.807, 2.05) is 0 Å². The van der Waals surface area contributed by atoms with Crippen LogP contribution >= 0.6 is 0 Å². The summed E-state index contributed by atoms with van der Waals surface area (Å²) in [7, 11) is -2.55. The van der Waals surface area contributed by atoms with Crippen LogP contribution in [0.2, 0.25) is 0 Å². The highest BCUT2D eigenvalue weighted by Crippen LogP contribution is 2.39. The third kappa shape index (κ3) is 1.74. The van der Waals surface area contributed by atoms with Gasteiger partial charge in [0.2, 0.25) is 10.3 Å². The summed E-state index contributed by atoms with van der Waals surface area (Å²) in [6.45, 7) is 3.35. The number of hydrogen-bond acceptors (Lipinski definition) is 5. The predicted octanol–water partition coefficient (Wildman–Crippen LogP) is -0.337. The number of aliphatic carboxylic acids is 1. The van der Waals surface area contributed by atoms with Gasteiger partial charge in [0.25, 0.3) is 0 Å². The van der Waals surface area contributed by atoms with Crippen LogP contribution in [0.4, 0.5) is 0 Å². The second kappa shape index (κ2) is 3.54. The van der Waals surface area contributed by atoms with E-state index in [2.05, 4.69) is 0 Å². The Hall–Kier alpha value is -0.920. The molecular weight excluding hydrogens is 236 g/mol. The fourth-order valence-electron chi connectivity index (χ4n) is 2.23. The topological polar surface area (TPSA) is 89.9 Å². The zero-order valence-electron chi connectivity index (χ0n) is 8.84. The average Bonchev–Trinajstić information content (AvgIpc) is 2.54. The Balaban J connectivity index is 2.39. The molecule has 0 spiro atoms. The Morgan fingerprint density at radius 3 is 2.56 bits per heavy atom. The number of hydrogen-bond donors (Lipinski definition) is 1. The number of rotatable bonds is 1. The maximum atomic E-state index is 11.0. The first-order valence-corrected chi connectivity index (χ1v) is 5.94. The number of carboxylic acid groups (broad SMARTS) is 1. The number of carbonyl (C=O) groups is 1. The first-order valence-electron chi connectivity index (χ1n) is 4.86. The van der Waals surface area contributed by atoms with Crippen molar-refractivity contribution in [1.82, 2.24) is 0 Å². The molecule has 1 N–H and O–H groups in total. The highest BCUT2D eigenvalue weighted by atomic mass is 32.2. The van der Waals surface area contributed by atoms with Crippen LogP contribution in [0.5, 0.6) is 0 Å². The van der Waals surface area contributed by atoms with Gasteiger partial charge in [0.05, 0.1) is 16.9 Å². The molecule has 0 radical (unpaired) electrons. The lowest BCUT2D eigenvalue weighted by Crippen LogP contribution is -2.31. The summed E-state index contributed by atoms with van der Waals surface area (Å²) < 4.78 is 32.9. The molecule has 1 aliphatic heterocycles. The highest BCUT2D eigenvalue weighted by molar-refractivity contribution is 7.73. The first-order chi connectivity index (χ1) is 7.32. The second-order valence-corrected chi connectivity index (χ2v) is 5.30. The summed E-state index contributed by atoms with van der Waals surface area (Å²) in [5.41, 5.74) is 0. The van der Waals surface area contributed by atoms with Crippen molar-refractivity contribution < 1.29 is 27.8 Å². The molecule has 0 amide bonds. The van der Waals surface area contributed by atoms with Crippen LogP contribution in [-0.4, -0.2) is 42.4 Å². The Labute approximate surface area is 93.7 Å². The summed E-state index contributed by atoms with van der Waals surface area (Å²) in [6, 6.07) is 0. The van der Waals surface area contributed by atoms with Crippen LogP contribution in [0.15, 0.2) is 0 Å². The van der Waals surface area contributed by atoms with Gasteiger partial charge in [-0.05, 0) is 20.3 Å².